The molecule has 2 atom stereocenters. The molecule has 2 rings (SSSR count). The zero-order valence-electron chi connectivity index (χ0n) is 10.2. The van der Waals surface area contributed by atoms with Crippen LogP contribution in [0.15, 0.2) is 18.2 Å². The third-order valence-corrected chi connectivity index (χ3v) is 6.05. The number of ether oxygens (including phenoxy) is 2. The van der Waals surface area contributed by atoms with Gasteiger partial charge in [0.05, 0.1) is 24.1 Å². The summed E-state index contributed by atoms with van der Waals surface area (Å²) in [7, 11) is 3.24. The van der Waals surface area contributed by atoms with Crippen LogP contribution >= 0.6 is 23.5 Å². The van der Waals surface area contributed by atoms with Crippen LogP contribution in [0, 0.1) is 0 Å². The lowest BCUT2D eigenvalue weighted by Gasteiger charge is -2.14. The first-order valence-electron chi connectivity index (χ1n) is 5.50. The van der Waals surface area contributed by atoms with E-state index < -0.39 is 6.29 Å². The van der Waals surface area contributed by atoms with Crippen molar-refractivity contribution in [3.63, 3.8) is 0 Å². The summed E-state index contributed by atoms with van der Waals surface area (Å²) in [6.07, 6.45) is -1.26. The van der Waals surface area contributed by atoms with Crippen molar-refractivity contribution in [2.75, 3.05) is 20.0 Å². The lowest BCUT2D eigenvalue weighted by atomic mass is 10.2. The second kappa shape index (κ2) is 6.06. The average Bonchev–Trinajstić information content (AvgIpc) is 2.87. The van der Waals surface area contributed by atoms with Gasteiger partial charge in [-0.05, 0) is 17.7 Å². The molecule has 1 aromatic carbocycles. The number of methoxy groups -OCH3 is 2. The van der Waals surface area contributed by atoms with Gasteiger partial charge in [0.1, 0.15) is 11.5 Å². The van der Waals surface area contributed by atoms with Gasteiger partial charge in [-0.25, -0.2) is 0 Å². The van der Waals surface area contributed by atoms with Gasteiger partial charge in [-0.15, -0.1) is 23.5 Å². The maximum absolute atomic E-state index is 9.19. The zero-order chi connectivity index (χ0) is 13.1. The minimum Gasteiger partial charge on any atom is -0.497 e. The maximum Gasteiger partial charge on any atom is 0.164 e. The van der Waals surface area contributed by atoms with Crippen LogP contribution in [0.1, 0.15) is 10.1 Å². The molecule has 0 spiro atoms. The molecule has 0 radical (unpaired) electrons. The summed E-state index contributed by atoms with van der Waals surface area (Å²) in [5.41, 5.74) is 1.07. The molecular formula is C12H16O4S2. The molecule has 1 fully saturated rings. The molecule has 2 N–H and O–H groups in total. The van der Waals surface area contributed by atoms with Crippen molar-refractivity contribution in [1.29, 1.82) is 0 Å². The monoisotopic (exact) mass is 288 g/mol. The molecule has 1 aliphatic heterocycles. The van der Waals surface area contributed by atoms with E-state index in [1.54, 1.807) is 37.7 Å². The Labute approximate surface area is 115 Å². The first-order valence-corrected chi connectivity index (χ1v) is 7.49. The summed E-state index contributed by atoms with van der Waals surface area (Å²) in [5.74, 6) is 2.23. The fraction of sp³-hybridized carbons (Fsp3) is 0.500. The highest BCUT2D eigenvalue weighted by atomic mass is 32.2. The van der Waals surface area contributed by atoms with Crippen molar-refractivity contribution in [3.8, 4) is 11.5 Å². The molecular weight excluding hydrogens is 272 g/mol. The summed E-state index contributed by atoms with van der Waals surface area (Å²) >= 11 is 3.26. The third kappa shape index (κ3) is 3.06. The number of aliphatic hydroxyl groups excluding tert-OH is 1. The molecule has 6 heteroatoms. The van der Waals surface area contributed by atoms with Gasteiger partial charge in [0.15, 0.2) is 6.29 Å². The Morgan fingerprint density at radius 1 is 1.17 bits per heavy atom. The molecule has 1 saturated heterocycles. The number of aliphatic hydroxyl groups is 2. The van der Waals surface area contributed by atoms with Crippen molar-refractivity contribution in [1.82, 2.24) is 0 Å². The molecule has 100 valence electrons. The van der Waals surface area contributed by atoms with Crippen molar-refractivity contribution in [2.24, 2.45) is 0 Å². The molecule has 1 aliphatic rings. The van der Waals surface area contributed by atoms with Crippen molar-refractivity contribution in [2.45, 2.75) is 16.1 Å². The van der Waals surface area contributed by atoms with E-state index in [0.717, 1.165) is 22.8 Å². The summed E-state index contributed by atoms with van der Waals surface area (Å²) in [5, 5.41) is 18.2. The molecule has 0 bridgehead atoms. The van der Waals surface area contributed by atoms with Crippen LogP contribution in [0.5, 0.6) is 11.5 Å². The Bertz CT molecular complexity index is 389. The molecule has 4 nitrogen and oxygen atoms in total. The standard InChI is InChI=1S/C12H16O4S2/c1-15-8-3-7(4-9(5-8)16-2)12-17-6-10(18-12)11(13)14/h3-5,10-14H,6H2,1-2H3. The molecule has 2 unspecified atom stereocenters. The second-order valence-corrected chi connectivity index (χ2v) is 6.68. The van der Waals surface area contributed by atoms with Gasteiger partial charge < -0.3 is 19.7 Å². The van der Waals surface area contributed by atoms with E-state index in [9.17, 15) is 10.2 Å². The molecule has 0 saturated carbocycles. The van der Waals surface area contributed by atoms with Gasteiger partial charge >= 0.3 is 0 Å². The lowest BCUT2D eigenvalue weighted by molar-refractivity contribution is -0.0355. The number of hydrogen-bond donors (Lipinski definition) is 2. The number of rotatable bonds is 4. The Morgan fingerprint density at radius 2 is 1.78 bits per heavy atom. The maximum atomic E-state index is 9.19. The van der Waals surface area contributed by atoms with Gasteiger partial charge in [0.25, 0.3) is 0 Å². The van der Waals surface area contributed by atoms with Crippen LogP contribution in [0.25, 0.3) is 0 Å². The van der Waals surface area contributed by atoms with Gasteiger partial charge in [0, 0.05) is 11.8 Å². The molecule has 18 heavy (non-hydrogen) atoms. The first kappa shape index (κ1) is 13.9. The smallest absolute Gasteiger partial charge is 0.164 e. The van der Waals surface area contributed by atoms with Crippen LogP contribution in [0.3, 0.4) is 0 Å². The van der Waals surface area contributed by atoms with Crippen LogP contribution in [-0.2, 0) is 0 Å². The lowest BCUT2D eigenvalue weighted by Crippen LogP contribution is -2.21. The van der Waals surface area contributed by atoms with Crippen molar-refractivity contribution in [3.05, 3.63) is 23.8 Å². The van der Waals surface area contributed by atoms with Crippen molar-refractivity contribution < 1.29 is 19.7 Å². The van der Waals surface area contributed by atoms with Gasteiger partial charge in [-0.3, -0.25) is 0 Å². The van der Waals surface area contributed by atoms with Crippen LogP contribution < -0.4 is 9.47 Å². The summed E-state index contributed by atoms with van der Waals surface area (Å²) in [6, 6.07) is 5.74. The normalized spacial score (nSPS) is 23.4. The highest BCUT2D eigenvalue weighted by molar-refractivity contribution is 8.19. The molecule has 1 heterocycles. The van der Waals surface area contributed by atoms with E-state index in [0.29, 0.717) is 0 Å². The quantitative estimate of drug-likeness (QED) is 0.825. The third-order valence-electron chi connectivity index (χ3n) is 2.69. The molecule has 0 aromatic heterocycles. The molecule has 1 aromatic rings. The zero-order valence-corrected chi connectivity index (χ0v) is 11.8. The van der Waals surface area contributed by atoms with E-state index in [1.807, 2.05) is 18.2 Å². The highest BCUT2D eigenvalue weighted by Crippen LogP contribution is 2.51. The van der Waals surface area contributed by atoms with Crippen molar-refractivity contribution >= 4 is 23.5 Å². The SMILES string of the molecule is COc1cc(OC)cc(C2SCC(C(O)O)S2)c1. The molecule has 0 amide bonds. The van der Waals surface area contributed by atoms with Crippen LogP contribution in [0.4, 0.5) is 0 Å². The van der Waals surface area contributed by atoms with E-state index in [2.05, 4.69) is 0 Å². The largest absolute Gasteiger partial charge is 0.497 e. The fourth-order valence-electron chi connectivity index (χ4n) is 1.72. The Hall–Kier alpha value is -0.560. The number of hydrogen-bond acceptors (Lipinski definition) is 6. The van der Waals surface area contributed by atoms with E-state index in [4.69, 9.17) is 9.47 Å². The highest BCUT2D eigenvalue weighted by Gasteiger charge is 2.31. The summed E-state index contributed by atoms with van der Waals surface area (Å²) < 4.78 is 10.6. The minimum absolute atomic E-state index is 0.141. The Balaban J connectivity index is 2.18. The van der Waals surface area contributed by atoms with E-state index >= 15 is 0 Å². The second-order valence-electron chi connectivity index (χ2n) is 3.90. The van der Waals surface area contributed by atoms with Gasteiger partial charge in [0.2, 0.25) is 0 Å². The van der Waals surface area contributed by atoms with Crippen LogP contribution in [0.2, 0.25) is 0 Å². The Kier molecular flexibility index (Phi) is 4.66. The van der Waals surface area contributed by atoms with Gasteiger partial charge in [-0.2, -0.15) is 0 Å². The fourth-order valence-corrected chi connectivity index (χ4v) is 4.86. The predicted molar refractivity (Wildman–Crippen MR) is 74.3 cm³/mol. The summed E-state index contributed by atoms with van der Waals surface area (Å²) in [6.45, 7) is 0. The minimum atomic E-state index is -1.26. The average molecular weight is 288 g/mol. The Morgan fingerprint density at radius 3 is 2.22 bits per heavy atom. The number of thioether (sulfide) groups is 2. The number of benzene rings is 1. The van der Waals surface area contributed by atoms with Crippen LogP contribution in [-0.4, -0.2) is 41.7 Å². The topological polar surface area (TPSA) is 58.9 Å². The van der Waals surface area contributed by atoms with E-state index in [1.165, 1.54) is 0 Å². The molecule has 0 aliphatic carbocycles. The van der Waals surface area contributed by atoms with E-state index in [-0.39, 0.29) is 9.83 Å². The van der Waals surface area contributed by atoms with Gasteiger partial charge in [-0.1, -0.05) is 0 Å². The predicted octanol–water partition coefficient (Wildman–Crippen LogP) is 1.86. The first-order chi connectivity index (χ1) is 8.63. The summed E-state index contributed by atoms with van der Waals surface area (Å²) in [4.78, 5) is 0.